The smallest absolute Gasteiger partial charge is 0.344 e. The van der Waals surface area contributed by atoms with Crippen molar-refractivity contribution in [2.24, 2.45) is 17.3 Å². The molecule has 4 fully saturated rings. The van der Waals surface area contributed by atoms with E-state index in [1.165, 1.54) is 37.2 Å². The Hall–Kier alpha value is -3.97. The van der Waals surface area contributed by atoms with Crippen LogP contribution in [0.4, 0.5) is 30.7 Å². The van der Waals surface area contributed by atoms with Crippen LogP contribution in [-0.4, -0.2) is 138 Å². The van der Waals surface area contributed by atoms with Gasteiger partial charge in [-0.05, 0) is 67.7 Å². The first-order valence-electron chi connectivity index (χ1n) is 21.6. The summed E-state index contributed by atoms with van der Waals surface area (Å²) in [5, 5.41) is 5.34. The molecule has 63 heavy (non-hydrogen) atoms. The van der Waals surface area contributed by atoms with Gasteiger partial charge in [0.25, 0.3) is 5.92 Å². The fraction of sp³-hybridized carbons (Fsp3) is 0.721. The summed E-state index contributed by atoms with van der Waals surface area (Å²) < 4.78 is 99.9. The molecule has 2 saturated heterocycles. The third-order valence-electron chi connectivity index (χ3n) is 12.9. The Labute approximate surface area is 371 Å². The van der Waals surface area contributed by atoms with Crippen LogP contribution in [0.25, 0.3) is 0 Å². The van der Waals surface area contributed by atoms with Crippen LogP contribution in [-0.2, 0) is 35.2 Å². The van der Waals surface area contributed by atoms with Crippen LogP contribution < -0.4 is 10.6 Å². The van der Waals surface area contributed by atoms with Gasteiger partial charge in [-0.3, -0.25) is 28.8 Å². The summed E-state index contributed by atoms with van der Waals surface area (Å²) in [6, 6.07) is -2.55. The monoisotopic (exact) mass is 966 g/mol. The number of likely N-dealkylation sites (tertiary alicyclic amines) is 1. The van der Waals surface area contributed by atoms with Crippen LogP contribution in [0.2, 0.25) is 0 Å². The summed E-state index contributed by atoms with van der Waals surface area (Å²) in [4.78, 5) is 88.7. The van der Waals surface area contributed by atoms with E-state index >= 15 is 0 Å². The molecule has 0 unspecified atom stereocenters. The second kappa shape index (κ2) is 20.0. The summed E-state index contributed by atoms with van der Waals surface area (Å²) >= 11 is 3.42. The average Bonchev–Trinajstić information content (AvgIpc) is 3.96. The Balaban J connectivity index is 1.39. The molecule has 1 aromatic rings. The molecular weight excluding hydrogens is 909 g/mol. The van der Waals surface area contributed by atoms with Crippen LogP contribution >= 0.6 is 15.9 Å². The van der Waals surface area contributed by atoms with Gasteiger partial charge in [-0.25, -0.2) is 17.6 Å². The lowest BCUT2D eigenvalue weighted by Gasteiger charge is -2.48. The average molecular weight is 968 g/mol. The topological polar surface area (TPSA) is 139 Å². The molecule has 12 nitrogen and oxygen atoms in total. The standard InChI is InChI=1S/C43H58BrF7N6O6/c1-24(2)17-30-37(60)56(5)33(19-26-18-27(45)14-15-29(26)44)38(61)54(3)16-10-8-6-7-9-11-31(35(58)52-30)55(4)39(62)34(25-12-13-25)53-36(59)32-20-28(46)21-57(32)40(63)41(43(49,50)51)22-42(47,48)23-41/h14-15,18,24-25,28,30-34H,6-13,16-17,19-23H2,1-5H3,(H,52,58)(H,53,59)/t28-,30+,31+,32+,33+,34+/m1/s1. The number of amides is 6. The minimum absolute atomic E-state index is 0.0435. The molecule has 2 aliphatic carbocycles. The summed E-state index contributed by atoms with van der Waals surface area (Å²) in [6.07, 6.45) is -7.38. The molecule has 6 amide bonds. The van der Waals surface area contributed by atoms with Crippen LogP contribution in [0.5, 0.6) is 0 Å². The van der Waals surface area contributed by atoms with Gasteiger partial charge in [-0.2, -0.15) is 13.2 Å². The molecule has 0 spiro atoms. The molecule has 2 N–H and O–H groups in total. The van der Waals surface area contributed by atoms with Gasteiger partial charge in [-0.1, -0.05) is 55.5 Å². The van der Waals surface area contributed by atoms with E-state index in [1.807, 2.05) is 13.8 Å². The highest BCUT2D eigenvalue weighted by Gasteiger charge is 2.75. The van der Waals surface area contributed by atoms with Crippen molar-refractivity contribution in [3.8, 4) is 0 Å². The van der Waals surface area contributed by atoms with Gasteiger partial charge in [0.1, 0.15) is 42.2 Å². The molecule has 20 heteroatoms. The highest BCUT2D eigenvalue weighted by atomic mass is 79.9. The lowest BCUT2D eigenvalue weighted by atomic mass is 9.64. The Morgan fingerprint density at radius 1 is 0.984 bits per heavy atom. The summed E-state index contributed by atoms with van der Waals surface area (Å²) in [7, 11) is 4.44. The maximum atomic E-state index is 14.8. The number of alkyl halides is 6. The normalized spacial score (nSPS) is 26.9. The second-order valence-corrected chi connectivity index (χ2v) is 19.2. The van der Waals surface area contributed by atoms with Gasteiger partial charge in [0.15, 0.2) is 5.41 Å². The largest absolute Gasteiger partial charge is 0.403 e. The molecule has 0 radical (unpaired) electrons. The third-order valence-corrected chi connectivity index (χ3v) is 13.6. The van der Waals surface area contributed by atoms with E-state index in [9.17, 15) is 59.5 Å². The van der Waals surface area contributed by atoms with E-state index in [4.69, 9.17) is 0 Å². The van der Waals surface area contributed by atoms with Gasteiger partial charge >= 0.3 is 6.18 Å². The molecule has 1 aromatic carbocycles. The molecule has 2 heterocycles. The van der Waals surface area contributed by atoms with E-state index in [2.05, 4.69) is 26.6 Å². The molecule has 0 aromatic heterocycles. The number of carbonyl (C=O) groups excluding carboxylic acids is 6. The number of benzene rings is 1. The molecule has 2 saturated carbocycles. The summed E-state index contributed by atoms with van der Waals surface area (Å²) in [5.74, 6) is -10.3. The lowest BCUT2D eigenvalue weighted by molar-refractivity contribution is -0.299. The highest BCUT2D eigenvalue weighted by molar-refractivity contribution is 9.10. The number of hydrogen-bond acceptors (Lipinski definition) is 6. The Morgan fingerprint density at radius 3 is 2.22 bits per heavy atom. The molecule has 0 bridgehead atoms. The van der Waals surface area contributed by atoms with Crippen LogP contribution in [0.15, 0.2) is 22.7 Å². The zero-order valence-corrected chi connectivity index (χ0v) is 37.8. The molecule has 4 aliphatic rings. The first kappa shape index (κ1) is 50.0. The predicted octanol–water partition coefficient (Wildman–Crippen LogP) is 5.94. The SMILES string of the molecule is CC(C)C[C@@H]1NC(=O)[C@@H](N(C)C(=O)[C@@H](NC(=O)[C@@H]2C[C@@H](F)CN2C(=O)C2(C(F)(F)F)CC(F)(F)C2)C2CC2)CCCCCCCN(C)C(=O)[C@H](Cc2cc(F)ccc2Br)N(C)C1=O. The van der Waals surface area contributed by atoms with Gasteiger partial charge in [0.2, 0.25) is 35.4 Å². The van der Waals surface area contributed by atoms with Crippen molar-refractivity contribution in [3.63, 3.8) is 0 Å². The van der Waals surface area contributed by atoms with Crippen molar-refractivity contribution in [1.29, 1.82) is 0 Å². The van der Waals surface area contributed by atoms with Crippen molar-refractivity contribution < 1.29 is 59.5 Å². The Kier molecular flexibility index (Phi) is 15.9. The molecule has 5 rings (SSSR count). The van der Waals surface area contributed by atoms with Crippen molar-refractivity contribution >= 4 is 51.4 Å². The molecular formula is C43H58BrF7N6O6. The minimum Gasteiger partial charge on any atom is -0.344 e. The van der Waals surface area contributed by atoms with Crippen LogP contribution in [0, 0.1) is 23.1 Å². The molecule has 6 atom stereocenters. The number of nitrogens with zero attached hydrogens (tertiary/aromatic N) is 4. The van der Waals surface area contributed by atoms with Crippen LogP contribution in [0.3, 0.4) is 0 Å². The van der Waals surface area contributed by atoms with E-state index < -0.39 is 121 Å². The number of likely N-dealkylation sites (N-methyl/N-ethyl adjacent to an activating group) is 3. The first-order chi connectivity index (χ1) is 29.4. The Morgan fingerprint density at radius 2 is 1.62 bits per heavy atom. The van der Waals surface area contributed by atoms with Crippen molar-refractivity contribution in [2.45, 2.75) is 146 Å². The highest BCUT2D eigenvalue weighted by Crippen LogP contribution is 2.61. The summed E-state index contributed by atoms with van der Waals surface area (Å²) in [6.45, 7) is 3.14. The number of nitrogens with one attached hydrogen (secondary N) is 2. The fourth-order valence-electron chi connectivity index (χ4n) is 9.01. The zero-order chi connectivity index (χ0) is 46.8. The van der Waals surface area contributed by atoms with E-state index in [-0.39, 0.29) is 31.1 Å². The van der Waals surface area contributed by atoms with Gasteiger partial charge in [0, 0.05) is 57.8 Å². The first-order valence-corrected chi connectivity index (χ1v) is 22.4. The molecule has 352 valence electrons. The van der Waals surface area contributed by atoms with Gasteiger partial charge in [-0.15, -0.1) is 0 Å². The van der Waals surface area contributed by atoms with E-state index in [0.29, 0.717) is 53.6 Å². The lowest BCUT2D eigenvalue weighted by Crippen LogP contribution is -2.65. The number of rotatable bonds is 10. The summed E-state index contributed by atoms with van der Waals surface area (Å²) in [5.41, 5.74) is -3.04. The second-order valence-electron chi connectivity index (χ2n) is 18.3. The number of carbonyl (C=O) groups is 6. The zero-order valence-electron chi connectivity index (χ0n) is 36.2. The quantitative estimate of drug-likeness (QED) is 0.279. The third kappa shape index (κ3) is 11.7. The predicted molar refractivity (Wildman–Crippen MR) is 220 cm³/mol. The molecule has 2 aliphatic heterocycles. The fourth-order valence-corrected chi connectivity index (χ4v) is 9.42. The van der Waals surface area contributed by atoms with Gasteiger partial charge < -0.3 is 30.2 Å². The number of halogens is 8. The van der Waals surface area contributed by atoms with Crippen molar-refractivity contribution in [2.75, 3.05) is 34.2 Å². The van der Waals surface area contributed by atoms with E-state index in [0.717, 1.165) is 17.7 Å². The maximum Gasteiger partial charge on any atom is 0.403 e. The van der Waals surface area contributed by atoms with Crippen molar-refractivity contribution in [3.05, 3.63) is 34.1 Å². The van der Waals surface area contributed by atoms with E-state index in [1.54, 1.807) is 11.9 Å². The Bertz CT molecular complexity index is 1880. The van der Waals surface area contributed by atoms with Gasteiger partial charge in [0.05, 0.1) is 6.54 Å². The van der Waals surface area contributed by atoms with Crippen LogP contribution in [0.1, 0.15) is 96.5 Å². The minimum atomic E-state index is -5.40. The maximum absolute atomic E-state index is 14.8. The van der Waals surface area contributed by atoms with Crippen molar-refractivity contribution in [1.82, 2.24) is 30.2 Å². The number of hydrogen-bond donors (Lipinski definition) is 2.